The van der Waals surface area contributed by atoms with Crippen LogP contribution in [0.5, 0.6) is 0 Å². The largest absolute Gasteiger partial charge is 0.444 e. The molecular weight excluding hydrogens is 319 g/mol. The van der Waals surface area contributed by atoms with E-state index in [2.05, 4.69) is 5.32 Å². The molecule has 25 heavy (non-hydrogen) atoms. The second kappa shape index (κ2) is 8.48. The minimum atomic E-state index is -0.466. The molecule has 1 aromatic carbocycles. The topological polar surface area (TPSA) is 41.6 Å². The van der Waals surface area contributed by atoms with Gasteiger partial charge in [0.1, 0.15) is 11.4 Å². The van der Waals surface area contributed by atoms with Crippen LogP contribution in [0.1, 0.15) is 46.1 Å². The summed E-state index contributed by atoms with van der Waals surface area (Å²) in [6.07, 6.45) is 3.81. The molecule has 1 aliphatic heterocycles. The molecule has 0 bridgehead atoms. The molecule has 0 spiro atoms. The minimum Gasteiger partial charge on any atom is -0.444 e. The molecule has 0 radical (unpaired) electrons. The molecule has 0 aromatic heterocycles. The molecule has 1 N–H and O–H groups in total. The van der Waals surface area contributed by atoms with Crippen LogP contribution < -0.4 is 5.32 Å². The normalized spacial score (nSPS) is 18.5. The van der Waals surface area contributed by atoms with Crippen LogP contribution in [-0.4, -0.2) is 42.3 Å². The molecule has 0 unspecified atom stereocenters. The molecule has 5 heteroatoms. The summed E-state index contributed by atoms with van der Waals surface area (Å²) in [6.45, 7) is 9.93. The van der Waals surface area contributed by atoms with E-state index in [0.29, 0.717) is 0 Å². The average Bonchev–Trinajstić information content (AvgIpc) is 2.96. The third kappa shape index (κ3) is 6.50. The SMILES string of the molecule is C/C(=C\c1ccc(F)cc1)CNC[C@@H]1CCCN1C(=O)OC(C)(C)C. The van der Waals surface area contributed by atoms with Crippen molar-refractivity contribution in [1.29, 1.82) is 0 Å². The quantitative estimate of drug-likeness (QED) is 0.866. The van der Waals surface area contributed by atoms with Gasteiger partial charge in [-0.2, -0.15) is 0 Å². The van der Waals surface area contributed by atoms with Crippen molar-refractivity contribution in [3.63, 3.8) is 0 Å². The first-order valence-electron chi connectivity index (χ1n) is 8.88. The summed E-state index contributed by atoms with van der Waals surface area (Å²) < 4.78 is 18.4. The van der Waals surface area contributed by atoms with Crippen molar-refractivity contribution < 1.29 is 13.9 Å². The van der Waals surface area contributed by atoms with E-state index >= 15 is 0 Å². The number of likely N-dealkylation sites (tertiary alicyclic amines) is 1. The number of halogens is 1. The number of amides is 1. The zero-order valence-electron chi connectivity index (χ0n) is 15.6. The second-order valence-corrected chi connectivity index (χ2v) is 7.64. The van der Waals surface area contributed by atoms with Crippen LogP contribution >= 0.6 is 0 Å². The van der Waals surface area contributed by atoms with Crippen molar-refractivity contribution in [2.75, 3.05) is 19.6 Å². The third-order valence-corrected chi connectivity index (χ3v) is 4.07. The number of hydrogen-bond donors (Lipinski definition) is 1. The highest BCUT2D eigenvalue weighted by atomic mass is 19.1. The van der Waals surface area contributed by atoms with Gasteiger partial charge in [0, 0.05) is 25.7 Å². The molecule has 1 saturated heterocycles. The van der Waals surface area contributed by atoms with Crippen molar-refractivity contribution in [3.05, 3.63) is 41.2 Å². The van der Waals surface area contributed by atoms with Crippen LogP contribution in [0.25, 0.3) is 6.08 Å². The number of carbonyl (C=O) groups excluding carboxylic acids is 1. The van der Waals surface area contributed by atoms with Crippen LogP contribution in [0.2, 0.25) is 0 Å². The van der Waals surface area contributed by atoms with Gasteiger partial charge in [0.05, 0.1) is 0 Å². The lowest BCUT2D eigenvalue weighted by Gasteiger charge is -2.28. The lowest BCUT2D eigenvalue weighted by Crippen LogP contribution is -2.44. The minimum absolute atomic E-state index is 0.175. The number of benzene rings is 1. The Hall–Kier alpha value is -1.88. The lowest BCUT2D eigenvalue weighted by molar-refractivity contribution is 0.0227. The van der Waals surface area contributed by atoms with Crippen LogP contribution in [0, 0.1) is 5.82 Å². The Morgan fingerprint density at radius 1 is 1.36 bits per heavy atom. The predicted molar refractivity (Wildman–Crippen MR) is 98.9 cm³/mol. The monoisotopic (exact) mass is 348 g/mol. The summed E-state index contributed by atoms with van der Waals surface area (Å²) in [6, 6.07) is 6.63. The molecule has 1 amide bonds. The van der Waals surface area contributed by atoms with Gasteiger partial charge in [-0.05, 0) is 58.2 Å². The van der Waals surface area contributed by atoms with E-state index in [1.807, 2.05) is 38.7 Å². The summed E-state index contributed by atoms with van der Waals surface area (Å²) in [4.78, 5) is 14.1. The summed E-state index contributed by atoms with van der Waals surface area (Å²) in [7, 11) is 0. The smallest absolute Gasteiger partial charge is 0.410 e. The zero-order valence-corrected chi connectivity index (χ0v) is 15.6. The number of nitrogens with one attached hydrogen (secondary N) is 1. The zero-order chi connectivity index (χ0) is 18.4. The first-order chi connectivity index (χ1) is 11.7. The fourth-order valence-electron chi connectivity index (χ4n) is 2.94. The van der Waals surface area contributed by atoms with Gasteiger partial charge in [-0.1, -0.05) is 23.8 Å². The standard InChI is InChI=1S/C20H29FN2O2/c1-15(12-16-7-9-17(21)10-8-16)13-22-14-18-6-5-11-23(18)19(24)25-20(2,3)4/h7-10,12,18,22H,5-6,11,13-14H2,1-4H3/b15-12+/t18-/m0/s1. The number of rotatable bonds is 5. The Morgan fingerprint density at radius 2 is 2.04 bits per heavy atom. The Bertz CT molecular complexity index is 605. The highest BCUT2D eigenvalue weighted by molar-refractivity contribution is 5.69. The molecule has 1 atom stereocenters. The lowest BCUT2D eigenvalue weighted by atomic mass is 10.1. The Balaban J connectivity index is 1.81. The van der Waals surface area contributed by atoms with Crippen LogP contribution in [-0.2, 0) is 4.74 Å². The fraction of sp³-hybridized carbons (Fsp3) is 0.550. The second-order valence-electron chi connectivity index (χ2n) is 7.64. The average molecular weight is 348 g/mol. The Labute approximate surface area is 150 Å². The van der Waals surface area contributed by atoms with Gasteiger partial charge in [0.25, 0.3) is 0 Å². The molecular formula is C20H29FN2O2. The molecule has 1 heterocycles. The molecule has 0 saturated carbocycles. The molecule has 2 rings (SSSR count). The first kappa shape index (κ1) is 19.4. The maximum absolute atomic E-state index is 12.9. The summed E-state index contributed by atoms with van der Waals surface area (Å²) in [5, 5.41) is 3.41. The van der Waals surface area contributed by atoms with E-state index < -0.39 is 5.60 Å². The molecule has 138 valence electrons. The predicted octanol–water partition coefficient (Wildman–Crippen LogP) is 4.22. The van der Waals surface area contributed by atoms with E-state index in [0.717, 1.165) is 43.6 Å². The fourth-order valence-corrected chi connectivity index (χ4v) is 2.94. The van der Waals surface area contributed by atoms with Gasteiger partial charge < -0.3 is 15.0 Å². The number of hydrogen-bond acceptors (Lipinski definition) is 3. The van der Waals surface area contributed by atoms with Crippen molar-refractivity contribution in [2.45, 2.75) is 52.2 Å². The van der Waals surface area contributed by atoms with E-state index in [1.54, 1.807) is 12.1 Å². The van der Waals surface area contributed by atoms with Crippen molar-refractivity contribution in [1.82, 2.24) is 10.2 Å². The highest BCUT2D eigenvalue weighted by Gasteiger charge is 2.31. The van der Waals surface area contributed by atoms with E-state index in [4.69, 9.17) is 4.74 Å². The van der Waals surface area contributed by atoms with Gasteiger partial charge in [-0.25, -0.2) is 9.18 Å². The maximum atomic E-state index is 12.9. The van der Waals surface area contributed by atoms with E-state index in [9.17, 15) is 9.18 Å². The molecule has 1 aliphatic rings. The molecule has 4 nitrogen and oxygen atoms in total. The number of carbonyl (C=O) groups is 1. The van der Waals surface area contributed by atoms with Crippen molar-refractivity contribution >= 4 is 12.2 Å². The molecule has 1 fully saturated rings. The van der Waals surface area contributed by atoms with E-state index in [-0.39, 0.29) is 18.0 Å². The van der Waals surface area contributed by atoms with E-state index in [1.165, 1.54) is 12.1 Å². The maximum Gasteiger partial charge on any atom is 0.410 e. The number of ether oxygens (including phenoxy) is 1. The van der Waals surface area contributed by atoms with Gasteiger partial charge in [0.15, 0.2) is 0 Å². The van der Waals surface area contributed by atoms with Gasteiger partial charge in [-0.15, -0.1) is 0 Å². The summed E-state index contributed by atoms with van der Waals surface area (Å²) in [5.41, 5.74) is 1.68. The van der Waals surface area contributed by atoms with Gasteiger partial charge in [0.2, 0.25) is 0 Å². The van der Waals surface area contributed by atoms with Crippen LogP contribution in [0.3, 0.4) is 0 Å². The summed E-state index contributed by atoms with van der Waals surface area (Å²) >= 11 is 0. The summed E-state index contributed by atoms with van der Waals surface area (Å²) in [5.74, 6) is -0.226. The Kier molecular flexibility index (Phi) is 6.59. The van der Waals surface area contributed by atoms with Crippen molar-refractivity contribution in [2.24, 2.45) is 0 Å². The Morgan fingerprint density at radius 3 is 2.68 bits per heavy atom. The molecule has 1 aromatic rings. The third-order valence-electron chi connectivity index (χ3n) is 4.07. The number of nitrogens with zero attached hydrogens (tertiary/aromatic N) is 1. The van der Waals surface area contributed by atoms with Gasteiger partial charge in [-0.3, -0.25) is 0 Å². The highest BCUT2D eigenvalue weighted by Crippen LogP contribution is 2.20. The molecule has 0 aliphatic carbocycles. The van der Waals surface area contributed by atoms with Crippen LogP contribution in [0.15, 0.2) is 29.8 Å². The van der Waals surface area contributed by atoms with Crippen LogP contribution in [0.4, 0.5) is 9.18 Å². The van der Waals surface area contributed by atoms with Gasteiger partial charge >= 0.3 is 6.09 Å². The van der Waals surface area contributed by atoms with Crippen molar-refractivity contribution in [3.8, 4) is 0 Å². The first-order valence-corrected chi connectivity index (χ1v) is 8.88.